The molecule has 2 rings (SSSR count). The molecule has 0 aliphatic heterocycles. The third-order valence-electron chi connectivity index (χ3n) is 3.18. The number of rotatable bonds is 4. The highest BCUT2D eigenvalue weighted by atomic mass is 19.2. The SMILES string of the molecule is CN[C@@H](CO)c1ccc(-c2c(F)ccc(F)c2F)cc1. The van der Waals surface area contributed by atoms with Gasteiger partial charge in [0.1, 0.15) is 5.82 Å². The van der Waals surface area contributed by atoms with Crippen LogP contribution in [0.4, 0.5) is 13.2 Å². The molecule has 0 bridgehead atoms. The van der Waals surface area contributed by atoms with Crippen LogP contribution in [0.15, 0.2) is 36.4 Å². The molecule has 2 aromatic carbocycles. The summed E-state index contributed by atoms with van der Waals surface area (Å²) in [5, 5.41) is 12.1. The molecule has 0 saturated carbocycles. The van der Waals surface area contributed by atoms with E-state index < -0.39 is 17.5 Å². The molecule has 0 amide bonds. The van der Waals surface area contributed by atoms with Crippen molar-refractivity contribution in [2.75, 3.05) is 13.7 Å². The maximum Gasteiger partial charge on any atom is 0.169 e. The van der Waals surface area contributed by atoms with Gasteiger partial charge in [-0.3, -0.25) is 0 Å². The molecular weight excluding hydrogens is 267 g/mol. The standard InChI is InChI=1S/C15H14F3NO/c1-19-13(8-20)9-2-4-10(5-3-9)14-11(16)6-7-12(17)15(14)18/h2-7,13,19-20H,8H2,1H3/t13-/m0/s1. The number of aliphatic hydroxyl groups is 1. The summed E-state index contributed by atoms with van der Waals surface area (Å²) in [7, 11) is 1.70. The van der Waals surface area contributed by atoms with Gasteiger partial charge < -0.3 is 10.4 Å². The molecule has 2 aromatic rings. The fourth-order valence-corrected chi connectivity index (χ4v) is 2.04. The van der Waals surface area contributed by atoms with Crippen LogP contribution in [0, 0.1) is 17.5 Å². The zero-order valence-electron chi connectivity index (χ0n) is 10.8. The first-order chi connectivity index (χ1) is 9.58. The van der Waals surface area contributed by atoms with E-state index in [2.05, 4.69) is 5.32 Å². The highest BCUT2D eigenvalue weighted by molar-refractivity contribution is 5.65. The molecule has 0 heterocycles. The van der Waals surface area contributed by atoms with E-state index in [0.29, 0.717) is 0 Å². The summed E-state index contributed by atoms with van der Waals surface area (Å²) >= 11 is 0. The molecule has 0 radical (unpaired) electrons. The number of likely N-dealkylation sites (N-methyl/N-ethyl adjacent to an activating group) is 1. The number of benzene rings is 2. The van der Waals surface area contributed by atoms with E-state index in [-0.39, 0.29) is 23.8 Å². The lowest BCUT2D eigenvalue weighted by Crippen LogP contribution is -2.19. The molecule has 2 nitrogen and oxygen atoms in total. The molecule has 106 valence electrons. The normalized spacial score (nSPS) is 12.4. The van der Waals surface area contributed by atoms with Crippen LogP contribution < -0.4 is 5.32 Å². The van der Waals surface area contributed by atoms with Gasteiger partial charge in [0.25, 0.3) is 0 Å². The molecule has 0 saturated heterocycles. The lowest BCUT2D eigenvalue weighted by molar-refractivity contribution is 0.251. The molecule has 0 spiro atoms. The van der Waals surface area contributed by atoms with Gasteiger partial charge in [-0.2, -0.15) is 0 Å². The number of aliphatic hydroxyl groups excluding tert-OH is 1. The summed E-state index contributed by atoms with van der Waals surface area (Å²) < 4.78 is 40.5. The van der Waals surface area contributed by atoms with E-state index in [0.717, 1.165) is 17.7 Å². The summed E-state index contributed by atoms with van der Waals surface area (Å²) in [6, 6.07) is 7.66. The quantitative estimate of drug-likeness (QED) is 0.844. The van der Waals surface area contributed by atoms with Gasteiger partial charge in [-0.1, -0.05) is 24.3 Å². The largest absolute Gasteiger partial charge is 0.394 e. The zero-order valence-corrected chi connectivity index (χ0v) is 10.8. The number of hydrogen-bond acceptors (Lipinski definition) is 2. The minimum Gasteiger partial charge on any atom is -0.394 e. The molecule has 0 aromatic heterocycles. The first kappa shape index (κ1) is 14.6. The van der Waals surface area contributed by atoms with E-state index in [4.69, 9.17) is 5.11 Å². The van der Waals surface area contributed by atoms with Gasteiger partial charge in [-0.15, -0.1) is 0 Å². The van der Waals surface area contributed by atoms with E-state index in [1.807, 2.05) is 0 Å². The lowest BCUT2D eigenvalue weighted by Gasteiger charge is -2.14. The van der Waals surface area contributed by atoms with Gasteiger partial charge in [0.2, 0.25) is 0 Å². The second-order valence-electron chi connectivity index (χ2n) is 4.36. The highest BCUT2D eigenvalue weighted by Gasteiger charge is 2.16. The van der Waals surface area contributed by atoms with Gasteiger partial charge in [-0.05, 0) is 30.3 Å². The summed E-state index contributed by atoms with van der Waals surface area (Å²) in [6.07, 6.45) is 0. The van der Waals surface area contributed by atoms with Crippen molar-refractivity contribution in [3.8, 4) is 11.1 Å². The van der Waals surface area contributed by atoms with Crippen molar-refractivity contribution in [2.24, 2.45) is 0 Å². The molecule has 0 unspecified atom stereocenters. The van der Waals surface area contributed by atoms with E-state index in [1.165, 1.54) is 12.1 Å². The molecule has 0 aliphatic rings. The fraction of sp³-hybridized carbons (Fsp3) is 0.200. The van der Waals surface area contributed by atoms with Crippen LogP contribution in [0.5, 0.6) is 0 Å². The third kappa shape index (κ3) is 2.69. The maximum atomic E-state index is 13.7. The molecule has 5 heteroatoms. The third-order valence-corrected chi connectivity index (χ3v) is 3.18. The predicted octanol–water partition coefficient (Wildman–Crippen LogP) is 3.02. The van der Waals surface area contributed by atoms with Crippen LogP contribution >= 0.6 is 0 Å². The van der Waals surface area contributed by atoms with Crippen LogP contribution in [0.2, 0.25) is 0 Å². The molecule has 2 N–H and O–H groups in total. The first-order valence-electron chi connectivity index (χ1n) is 6.10. The van der Waals surface area contributed by atoms with E-state index in [9.17, 15) is 13.2 Å². The Morgan fingerprint density at radius 1 is 1.00 bits per heavy atom. The number of halogens is 3. The summed E-state index contributed by atoms with van der Waals surface area (Å²) in [6.45, 7) is -0.0987. The van der Waals surface area contributed by atoms with Crippen LogP contribution in [0.1, 0.15) is 11.6 Å². The smallest absolute Gasteiger partial charge is 0.169 e. The molecule has 0 fully saturated rings. The van der Waals surface area contributed by atoms with Gasteiger partial charge >= 0.3 is 0 Å². The van der Waals surface area contributed by atoms with Crippen molar-refractivity contribution in [2.45, 2.75) is 6.04 Å². The lowest BCUT2D eigenvalue weighted by atomic mass is 10.00. The Morgan fingerprint density at radius 2 is 1.60 bits per heavy atom. The van der Waals surface area contributed by atoms with E-state index >= 15 is 0 Å². The Bertz CT molecular complexity index is 595. The van der Waals surface area contributed by atoms with Gasteiger partial charge in [0.05, 0.1) is 18.2 Å². The zero-order chi connectivity index (χ0) is 14.7. The van der Waals surface area contributed by atoms with Crippen molar-refractivity contribution in [3.63, 3.8) is 0 Å². The summed E-state index contributed by atoms with van der Waals surface area (Å²) in [5.41, 5.74) is 0.633. The minimum absolute atomic E-state index is 0.0987. The first-order valence-corrected chi connectivity index (χ1v) is 6.10. The van der Waals surface area contributed by atoms with Gasteiger partial charge in [-0.25, -0.2) is 13.2 Å². The molecule has 20 heavy (non-hydrogen) atoms. The maximum absolute atomic E-state index is 13.7. The molecule has 0 aliphatic carbocycles. The van der Waals surface area contributed by atoms with Crippen molar-refractivity contribution in [3.05, 3.63) is 59.4 Å². The fourth-order valence-electron chi connectivity index (χ4n) is 2.04. The van der Waals surface area contributed by atoms with Crippen LogP contribution in [-0.4, -0.2) is 18.8 Å². The number of hydrogen-bond donors (Lipinski definition) is 2. The molecule has 1 atom stereocenters. The second-order valence-corrected chi connectivity index (χ2v) is 4.36. The van der Waals surface area contributed by atoms with Gasteiger partial charge in [0.15, 0.2) is 11.6 Å². The average molecular weight is 281 g/mol. The topological polar surface area (TPSA) is 32.3 Å². The Hall–Kier alpha value is -1.85. The van der Waals surface area contributed by atoms with Crippen molar-refractivity contribution in [1.29, 1.82) is 0 Å². The Labute approximate surface area is 114 Å². The summed E-state index contributed by atoms with van der Waals surface area (Å²) in [5.74, 6) is -3.11. The summed E-state index contributed by atoms with van der Waals surface area (Å²) in [4.78, 5) is 0. The molecular formula is C15H14F3NO. The predicted molar refractivity (Wildman–Crippen MR) is 70.6 cm³/mol. The highest BCUT2D eigenvalue weighted by Crippen LogP contribution is 2.28. The van der Waals surface area contributed by atoms with Crippen LogP contribution in [0.3, 0.4) is 0 Å². The Balaban J connectivity index is 2.43. The second kappa shape index (κ2) is 6.07. The van der Waals surface area contributed by atoms with E-state index in [1.54, 1.807) is 19.2 Å². The van der Waals surface area contributed by atoms with Crippen molar-refractivity contribution < 1.29 is 18.3 Å². The minimum atomic E-state index is -1.20. The van der Waals surface area contributed by atoms with Crippen LogP contribution in [-0.2, 0) is 0 Å². The monoisotopic (exact) mass is 281 g/mol. The van der Waals surface area contributed by atoms with Crippen molar-refractivity contribution in [1.82, 2.24) is 5.32 Å². The Kier molecular flexibility index (Phi) is 4.42. The number of nitrogens with one attached hydrogen (secondary N) is 1. The average Bonchev–Trinajstić information content (AvgIpc) is 2.46. The Morgan fingerprint density at radius 3 is 2.15 bits per heavy atom. The van der Waals surface area contributed by atoms with Gasteiger partial charge in [0, 0.05) is 0 Å². The van der Waals surface area contributed by atoms with Crippen LogP contribution in [0.25, 0.3) is 11.1 Å². The van der Waals surface area contributed by atoms with Crippen molar-refractivity contribution >= 4 is 0 Å².